The number of hydrogen-bond acceptors (Lipinski definition) is 18. The van der Waals surface area contributed by atoms with Crippen LogP contribution in [0.15, 0.2) is 47.2 Å². The Morgan fingerprint density at radius 2 is 1.42 bits per heavy atom. The number of thiazole rings is 1. The molecular weight excluding hydrogens is 1010 g/mol. The third kappa shape index (κ3) is 19.7. The number of aromatic nitrogens is 3. The minimum atomic E-state index is -6.54. The van der Waals surface area contributed by atoms with E-state index in [0.29, 0.717) is 56.2 Å². The summed E-state index contributed by atoms with van der Waals surface area (Å²) in [5, 5.41) is 12.0. The third-order valence-corrected chi connectivity index (χ3v) is 10.6. The number of oxime groups is 1. The number of alkyl halides is 3. The highest BCUT2D eigenvalue weighted by molar-refractivity contribution is 7.88. The maximum Gasteiger partial charge on any atom is 0.534 e. The number of alkyl carbamates (subject to hydrolysis) is 1. The first-order valence-corrected chi connectivity index (χ1v) is 24.8. The SMILES string of the molecule is CC(C)(C)OC(=O)NCCCn1cc(NC(=O)c2ccc(OC[C@H](O/N=C(\C(=O)OS(=O)(=O)C(F)(F)F)c3csc(NC(=O)OC(C)(C)C)n3)C(=O)OC(C)(C)C)cc2)c[n+]1CC1CN(C(=O)OC(C)(C)C)C1. The van der Waals surface area contributed by atoms with Crippen molar-refractivity contribution in [3.63, 3.8) is 0 Å². The summed E-state index contributed by atoms with van der Waals surface area (Å²) in [5.74, 6) is -3.74. The van der Waals surface area contributed by atoms with Crippen molar-refractivity contribution in [2.24, 2.45) is 11.1 Å². The number of esters is 1. The van der Waals surface area contributed by atoms with Gasteiger partial charge >= 0.3 is 45.8 Å². The normalized spacial score (nSPS) is 14.2. The van der Waals surface area contributed by atoms with Crippen molar-refractivity contribution in [2.75, 3.05) is 36.9 Å². The van der Waals surface area contributed by atoms with Gasteiger partial charge in [-0.15, -0.1) is 16.0 Å². The molecule has 3 N–H and O–H groups in total. The summed E-state index contributed by atoms with van der Waals surface area (Å²) in [7, 11) is -6.54. The molecule has 0 spiro atoms. The Bertz CT molecular complexity index is 2600. The second kappa shape index (κ2) is 23.4. The minimum Gasteiger partial charge on any atom is -0.489 e. The molecule has 23 nitrogen and oxygen atoms in total. The average Bonchev–Trinajstić information content (AvgIpc) is 3.81. The molecule has 2 aromatic heterocycles. The lowest BCUT2D eigenvalue weighted by molar-refractivity contribution is -0.781. The van der Waals surface area contributed by atoms with E-state index in [1.807, 2.05) is 9.36 Å². The van der Waals surface area contributed by atoms with E-state index in [1.165, 1.54) is 45.0 Å². The van der Waals surface area contributed by atoms with Gasteiger partial charge in [0.2, 0.25) is 11.9 Å². The van der Waals surface area contributed by atoms with E-state index < -0.39 is 98.3 Å². The summed E-state index contributed by atoms with van der Waals surface area (Å²) in [6.07, 6.45) is 0.114. The molecule has 404 valence electrons. The van der Waals surface area contributed by atoms with E-state index in [4.69, 9.17) is 28.5 Å². The number of aryl methyl sites for hydroxylation is 1. The molecule has 1 saturated heterocycles. The Morgan fingerprint density at radius 3 is 2.00 bits per heavy atom. The zero-order valence-electron chi connectivity index (χ0n) is 42.5. The summed E-state index contributed by atoms with van der Waals surface area (Å²) in [4.78, 5) is 87.7. The molecule has 0 saturated carbocycles. The van der Waals surface area contributed by atoms with Crippen molar-refractivity contribution < 1.29 is 87.7 Å². The van der Waals surface area contributed by atoms with Crippen LogP contribution in [0.3, 0.4) is 0 Å². The van der Waals surface area contributed by atoms with Crippen LogP contribution in [-0.2, 0) is 60.8 Å². The van der Waals surface area contributed by atoms with Gasteiger partial charge < -0.3 is 48.2 Å². The van der Waals surface area contributed by atoms with E-state index in [2.05, 4.69) is 30.3 Å². The average molecular weight is 1080 g/mol. The number of ether oxygens (including phenoxy) is 5. The molecule has 4 rings (SSSR count). The number of likely N-dealkylation sites (tertiary alicyclic amines) is 1. The second-order valence-corrected chi connectivity index (χ2v) is 22.7. The summed E-state index contributed by atoms with van der Waals surface area (Å²) in [6.45, 7) is 21.3. The highest BCUT2D eigenvalue weighted by Gasteiger charge is 2.50. The van der Waals surface area contributed by atoms with Gasteiger partial charge in [0.05, 0.1) is 18.7 Å². The fourth-order valence-corrected chi connectivity index (χ4v) is 7.05. The van der Waals surface area contributed by atoms with Crippen molar-refractivity contribution in [1.29, 1.82) is 0 Å². The maximum atomic E-state index is 13.5. The van der Waals surface area contributed by atoms with E-state index in [-0.39, 0.29) is 22.4 Å². The molecule has 4 amide bonds. The number of hydrogen-bond donors (Lipinski definition) is 3. The van der Waals surface area contributed by atoms with Gasteiger partial charge in [-0.1, -0.05) is 5.16 Å². The van der Waals surface area contributed by atoms with Crippen LogP contribution in [0.25, 0.3) is 0 Å². The van der Waals surface area contributed by atoms with Gasteiger partial charge in [-0.2, -0.15) is 26.3 Å². The first-order valence-electron chi connectivity index (χ1n) is 22.5. The topological polar surface area (TPSA) is 275 Å². The molecule has 0 bridgehead atoms. The Labute approximate surface area is 424 Å². The smallest absolute Gasteiger partial charge is 0.489 e. The molecule has 1 aliphatic heterocycles. The molecule has 0 aliphatic carbocycles. The lowest BCUT2D eigenvalue weighted by Gasteiger charge is -2.38. The Kier molecular flexibility index (Phi) is 18.9. The Balaban J connectivity index is 1.51. The number of nitrogens with one attached hydrogen (secondary N) is 3. The number of rotatable bonds is 18. The number of halogens is 3. The van der Waals surface area contributed by atoms with Crippen molar-refractivity contribution in [3.05, 3.63) is 53.3 Å². The first-order chi connectivity index (χ1) is 33.5. The minimum absolute atomic E-state index is 0.0656. The molecule has 1 fully saturated rings. The lowest BCUT2D eigenvalue weighted by Crippen LogP contribution is -2.58. The number of benzene rings is 1. The summed E-state index contributed by atoms with van der Waals surface area (Å²) in [6, 6.07) is 5.55. The van der Waals surface area contributed by atoms with Gasteiger partial charge in [0, 0.05) is 30.6 Å². The van der Waals surface area contributed by atoms with Crippen molar-refractivity contribution >= 4 is 74.1 Å². The van der Waals surface area contributed by atoms with Crippen LogP contribution in [0.1, 0.15) is 106 Å². The van der Waals surface area contributed by atoms with Gasteiger partial charge in [-0.25, -0.2) is 29.0 Å². The van der Waals surface area contributed by atoms with E-state index >= 15 is 0 Å². The highest BCUT2D eigenvalue weighted by atomic mass is 32.2. The number of carbonyl (C=O) groups excluding carboxylic acids is 6. The fraction of sp³-hybridized carbons (Fsp3) is 0.578. The highest BCUT2D eigenvalue weighted by Crippen LogP contribution is 2.27. The second-order valence-electron chi connectivity index (χ2n) is 20.3. The molecule has 1 atom stereocenters. The monoisotopic (exact) mass is 1080 g/mol. The van der Waals surface area contributed by atoms with Crippen LogP contribution in [0.2, 0.25) is 0 Å². The first kappa shape index (κ1) is 58.9. The molecule has 0 unspecified atom stereocenters. The lowest BCUT2D eigenvalue weighted by atomic mass is 10.0. The number of amides is 4. The summed E-state index contributed by atoms with van der Waals surface area (Å²) >= 11 is 0.631. The van der Waals surface area contributed by atoms with Crippen LogP contribution < -0.4 is 25.4 Å². The Morgan fingerprint density at radius 1 is 0.836 bits per heavy atom. The van der Waals surface area contributed by atoms with E-state index in [9.17, 15) is 50.4 Å². The Hall–Kier alpha value is -6.71. The molecule has 3 heterocycles. The van der Waals surface area contributed by atoms with Gasteiger partial charge in [0.15, 0.2) is 11.7 Å². The zero-order chi connectivity index (χ0) is 54.9. The zero-order valence-corrected chi connectivity index (χ0v) is 44.1. The van der Waals surface area contributed by atoms with Crippen LogP contribution in [0.5, 0.6) is 5.75 Å². The number of carbonyl (C=O) groups is 6. The molecule has 3 aromatic rings. The predicted octanol–water partition coefficient (Wildman–Crippen LogP) is 6.52. The van der Waals surface area contributed by atoms with Crippen LogP contribution in [-0.4, -0.2) is 125 Å². The number of nitrogens with zero attached hydrogens (tertiary/aromatic N) is 5. The maximum absolute atomic E-state index is 13.5. The van der Waals surface area contributed by atoms with Crippen LogP contribution >= 0.6 is 11.3 Å². The predicted molar refractivity (Wildman–Crippen MR) is 255 cm³/mol. The molecule has 0 radical (unpaired) electrons. The fourth-order valence-electron chi connectivity index (χ4n) is 6.00. The largest absolute Gasteiger partial charge is 0.534 e. The summed E-state index contributed by atoms with van der Waals surface area (Å²) < 4.78 is 97.9. The molecule has 1 aliphatic rings. The molecule has 1 aromatic carbocycles. The molecular formula is C45H62F3N8O15S2+. The van der Waals surface area contributed by atoms with Gasteiger partial charge in [-0.3, -0.25) is 10.1 Å². The summed E-state index contributed by atoms with van der Waals surface area (Å²) in [5.41, 5.74) is -10.7. The quantitative estimate of drug-likeness (QED) is 0.0179. The molecule has 73 heavy (non-hydrogen) atoms. The van der Waals surface area contributed by atoms with Crippen LogP contribution in [0, 0.1) is 5.92 Å². The van der Waals surface area contributed by atoms with Crippen molar-refractivity contribution in [1.82, 2.24) is 19.9 Å². The molecule has 28 heteroatoms. The van der Waals surface area contributed by atoms with Gasteiger partial charge in [0.25, 0.3) is 12.0 Å². The standard InChI is InChI=1S/C45H61F3N8O15S2/c1-41(2,3)66-35(58)32(70-53-33(36(59)71-73(63,64)45(46,47)48)31-26-72-37(51-31)52-39(61)68-43(7,8)9)25-65-30-16-14-28(15-17-30)34(57)50-29-23-55(19-13-18-49-38(60)67-42(4,5)6)56(24-29)22-27-20-54(21-27)40(62)69-44(10,11)12/h14-17,23-24,26-27,32H,13,18-22,25H2,1-12H3,(H2-,49,50,51,52,57,60,61)/p+1/b53-33-/t32-/m0/s1. The number of anilines is 2. The van der Waals surface area contributed by atoms with Gasteiger partial charge in [0.1, 0.15) is 46.1 Å². The van der Waals surface area contributed by atoms with Crippen molar-refractivity contribution in [2.45, 2.75) is 137 Å². The third-order valence-electron chi connectivity index (χ3n) is 8.93. The van der Waals surface area contributed by atoms with E-state index in [0.717, 1.165) is 5.38 Å². The van der Waals surface area contributed by atoms with Crippen LogP contribution in [0.4, 0.5) is 38.4 Å². The van der Waals surface area contributed by atoms with Crippen molar-refractivity contribution in [3.8, 4) is 5.75 Å². The van der Waals surface area contributed by atoms with Gasteiger partial charge in [-0.05, 0) is 114 Å². The van der Waals surface area contributed by atoms with E-state index in [1.54, 1.807) is 79.6 Å².